The predicted octanol–water partition coefficient (Wildman–Crippen LogP) is 3.21. The van der Waals surface area contributed by atoms with E-state index in [1.165, 1.54) is 11.1 Å². The quantitative estimate of drug-likeness (QED) is 0.813. The van der Waals surface area contributed by atoms with E-state index in [0.29, 0.717) is 23.7 Å². The van der Waals surface area contributed by atoms with Crippen LogP contribution in [0.4, 0.5) is 13.2 Å². The number of carbonyl (C=O) groups is 2. The molecule has 1 atom stereocenters. The van der Waals surface area contributed by atoms with E-state index in [0.717, 1.165) is 11.1 Å². The number of rotatable bonds is 5. The lowest BCUT2D eigenvalue weighted by molar-refractivity contribution is -0.174. The van der Waals surface area contributed by atoms with Crippen molar-refractivity contribution in [2.75, 3.05) is 13.1 Å². The number of hydrogen-bond acceptors (Lipinski definition) is 4. The fraction of sp³-hybridized carbons (Fsp3) is 0.389. The number of carbonyl (C=O) groups excluding carboxylic acids is 2. The number of aryl methyl sites for hydroxylation is 1. The highest BCUT2D eigenvalue weighted by Gasteiger charge is 2.41. The number of nitrogens with one attached hydrogen (secondary N) is 1. The van der Waals surface area contributed by atoms with Gasteiger partial charge in [-0.1, -0.05) is 28.9 Å². The fourth-order valence-corrected chi connectivity index (χ4v) is 3.27. The average molecular weight is 416 g/mol. The molecule has 1 N–H and O–H groups in total. The summed E-state index contributed by atoms with van der Waals surface area (Å²) in [6.07, 6.45) is -2.61. The lowest BCUT2D eigenvalue weighted by atomic mass is 10.1. The largest absolute Gasteiger partial charge is 0.471 e. The number of aromatic nitrogens is 1. The Morgan fingerprint density at radius 2 is 2.14 bits per heavy atom. The molecule has 2 heterocycles. The zero-order valence-electron chi connectivity index (χ0n) is 14.6. The molecule has 1 aliphatic heterocycles. The van der Waals surface area contributed by atoms with Gasteiger partial charge in [0.1, 0.15) is 0 Å². The van der Waals surface area contributed by atoms with Crippen LogP contribution in [0.2, 0.25) is 5.02 Å². The average Bonchev–Trinajstić information content (AvgIpc) is 3.28. The number of nitrogens with zero attached hydrogens (tertiary/aromatic N) is 2. The molecule has 10 heteroatoms. The molecule has 0 unspecified atom stereocenters. The maximum Gasteiger partial charge on any atom is 0.471 e. The van der Waals surface area contributed by atoms with E-state index in [-0.39, 0.29) is 25.3 Å². The van der Waals surface area contributed by atoms with Crippen LogP contribution < -0.4 is 5.32 Å². The Labute approximate surface area is 163 Å². The molecule has 1 fully saturated rings. The first-order valence-electron chi connectivity index (χ1n) is 8.59. The monoisotopic (exact) mass is 415 g/mol. The summed E-state index contributed by atoms with van der Waals surface area (Å²) in [5, 5.41) is 6.23. The maximum atomic E-state index is 12.4. The molecule has 0 bridgehead atoms. The predicted molar refractivity (Wildman–Crippen MR) is 94.5 cm³/mol. The van der Waals surface area contributed by atoms with E-state index in [1.54, 1.807) is 18.2 Å². The van der Waals surface area contributed by atoms with Crippen LogP contribution in [0, 0.1) is 0 Å². The first-order chi connectivity index (χ1) is 13.2. The number of hydrogen-bond donors (Lipinski definition) is 1. The summed E-state index contributed by atoms with van der Waals surface area (Å²) >= 11 is 5.98. The molecular weight excluding hydrogens is 399 g/mol. The standard InChI is InChI=1S/C18H17ClF3N3O3/c19-13-3-1-2-11(8-13)16-12(9-23-28-16)4-5-15(26)25-7-6-14(10-25)24-17(27)18(20,21)22/h1-3,8-9,14H,4-7,10H2,(H,24,27)/t14-/m0/s1. The van der Waals surface area contributed by atoms with Crippen molar-refractivity contribution in [3.05, 3.63) is 41.0 Å². The van der Waals surface area contributed by atoms with Gasteiger partial charge in [0.2, 0.25) is 5.91 Å². The van der Waals surface area contributed by atoms with Gasteiger partial charge < -0.3 is 14.7 Å². The summed E-state index contributed by atoms with van der Waals surface area (Å²) < 4.78 is 42.2. The van der Waals surface area contributed by atoms with Crippen molar-refractivity contribution in [3.8, 4) is 11.3 Å². The number of halogens is 4. The molecule has 0 radical (unpaired) electrons. The van der Waals surface area contributed by atoms with Gasteiger partial charge in [-0.2, -0.15) is 13.2 Å². The van der Waals surface area contributed by atoms with Crippen molar-refractivity contribution < 1.29 is 27.3 Å². The summed E-state index contributed by atoms with van der Waals surface area (Å²) in [5.41, 5.74) is 1.47. The number of benzene rings is 1. The van der Waals surface area contributed by atoms with Crippen LogP contribution >= 0.6 is 11.6 Å². The molecule has 2 amide bonds. The summed E-state index contributed by atoms with van der Waals surface area (Å²) in [5.74, 6) is -1.67. The zero-order valence-corrected chi connectivity index (χ0v) is 15.4. The molecule has 0 spiro atoms. The van der Waals surface area contributed by atoms with Gasteiger partial charge >= 0.3 is 12.1 Å². The smallest absolute Gasteiger partial charge is 0.356 e. The molecule has 1 aliphatic rings. The Morgan fingerprint density at radius 3 is 2.86 bits per heavy atom. The number of alkyl halides is 3. The van der Waals surface area contributed by atoms with Crippen LogP contribution in [0.5, 0.6) is 0 Å². The third kappa shape index (κ3) is 4.83. The third-order valence-electron chi connectivity index (χ3n) is 4.47. The lowest BCUT2D eigenvalue weighted by Crippen LogP contribution is -2.44. The van der Waals surface area contributed by atoms with Crippen LogP contribution in [0.15, 0.2) is 35.0 Å². The van der Waals surface area contributed by atoms with E-state index in [1.807, 2.05) is 11.4 Å². The Bertz CT molecular complexity index is 869. The van der Waals surface area contributed by atoms with E-state index in [4.69, 9.17) is 16.1 Å². The Kier molecular flexibility index (Phi) is 5.93. The summed E-state index contributed by atoms with van der Waals surface area (Å²) in [4.78, 5) is 24.8. The zero-order chi connectivity index (χ0) is 20.3. The van der Waals surface area contributed by atoms with Gasteiger partial charge in [0.15, 0.2) is 5.76 Å². The van der Waals surface area contributed by atoms with Crippen molar-refractivity contribution in [2.45, 2.75) is 31.5 Å². The van der Waals surface area contributed by atoms with Crippen molar-refractivity contribution in [3.63, 3.8) is 0 Å². The summed E-state index contributed by atoms with van der Waals surface area (Å²) in [6, 6.07) is 6.34. The fourth-order valence-electron chi connectivity index (χ4n) is 3.08. The van der Waals surface area contributed by atoms with Crippen molar-refractivity contribution >= 4 is 23.4 Å². The van der Waals surface area contributed by atoms with Gasteiger partial charge in [-0.25, -0.2) is 0 Å². The van der Waals surface area contributed by atoms with Gasteiger partial charge in [0.25, 0.3) is 0 Å². The molecule has 28 heavy (non-hydrogen) atoms. The van der Waals surface area contributed by atoms with E-state index >= 15 is 0 Å². The van der Waals surface area contributed by atoms with Crippen LogP contribution in [-0.4, -0.2) is 47.2 Å². The topological polar surface area (TPSA) is 75.4 Å². The van der Waals surface area contributed by atoms with Gasteiger partial charge in [0, 0.05) is 41.7 Å². The van der Waals surface area contributed by atoms with Crippen LogP contribution in [0.1, 0.15) is 18.4 Å². The molecule has 0 saturated carbocycles. The molecule has 150 valence electrons. The molecule has 1 saturated heterocycles. The third-order valence-corrected chi connectivity index (χ3v) is 4.71. The Balaban J connectivity index is 1.55. The highest BCUT2D eigenvalue weighted by molar-refractivity contribution is 6.30. The van der Waals surface area contributed by atoms with Gasteiger partial charge in [-0.05, 0) is 25.0 Å². The minimum atomic E-state index is -4.93. The molecule has 1 aromatic carbocycles. The molecular formula is C18H17ClF3N3O3. The Hall–Kier alpha value is -2.55. The van der Waals surface area contributed by atoms with Gasteiger partial charge in [-0.15, -0.1) is 0 Å². The minimum absolute atomic E-state index is 0.0610. The molecule has 0 aliphatic carbocycles. The van der Waals surface area contributed by atoms with Crippen LogP contribution in [-0.2, 0) is 16.0 Å². The number of likely N-dealkylation sites (tertiary alicyclic amines) is 1. The highest BCUT2D eigenvalue weighted by atomic mass is 35.5. The summed E-state index contributed by atoms with van der Waals surface area (Å²) in [7, 11) is 0. The molecule has 3 rings (SSSR count). The second-order valence-corrected chi connectivity index (χ2v) is 6.92. The maximum absolute atomic E-state index is 12.4. The SMILES string of the molecule is O=C(CCc1cnoc1-c1cccc(Cl)c1)N1CC[C@H](NC(=O)C(F)(F)F)C1. The molecule has 1 aromatic heterocycles. The second-order valence-electron chi connectivity index (χ2n) is 6.49. The first kappa shape index (κ1) is 20.2. The molecule has 2 aromatic rings. The van der Waals surface area contributed by atoms with Gasteiger partial charge in [0.05, 0.1) is 6.20 Å². The van der Waals surface area contributed by atoms with E-state index < -0.39 is 18.1 Å². The van der Waals surface area contributed by atoms with E-state index in [9.17, 15) is 22.8 Å². The van der Waals surface area contributed by atoms with Crippen LogP contribution in [0.3, 0.4) is 0 Å². The Morgan fingerprint density at radius 1 is 1.36 bits per heavy atom. The summed E-state index contributed by atoms with van der Waals surface area (Å²) in [6.45, 7) is 0.359. The normalized spacial score (nSPS) is 17.0. The minimum Gasteiger partial charge on any atom is -0.356 e. The highest BCUT2D eigenvalue weighted by Crippen LogP contribution is 2.27. The van der Waals surface area contributed by atoms with Crippen molar-refractivity contribution in [1.82, 2.24) is 15.4 Å². The van der Waals surface area contributed by atoms with E-state index in [2.05, 4.69) is 5.16 Å². The van der Waals surface area contributed by atoms with Gasteiger partial charge in [-0.3, -0.25) is 9.59 Å². The second kappa shape index (κ2) is 8.22. The van der Waals surface area contributed by atoms with Crippen molar-refractivity contribution in [1.29, 1.82) is 0 Å². The lowest BCUT2D eigenvalue weighted by Gasteiger charge is -2.17. The molecule has 6 nitrogen and oxygen atoms in total. The van der Waals surface area contributed by atoms with Crippen molar-refractivity contribution in [2.24, 2.45) is 0 Å². The van der Waals surface area contributed by atoms with Crippen LogP contribution in [0.25, 0.3) is 11.3 Å². The first-order valence-corrected chi connectivity index (χ1v) is 8.97. The number of amides is 2.